The molecule has 0 saturated carbocycles. The van der Waals surface area contributed by atoms with Gasteiger partial charge in [-0.25, -0.2) is 4.39 Å². The number of nitrogens with one attached hydrogen (secondary N) is 2. The minimum atomic E-state index is -0.908. The van der Waals surface area contributed by atoms with E-state index < -0.39 is 34.3 Å². The third-order valence-corrected chi connectivity index (χ3v) is 4.37. The predicted molar refractivity (Wildman–Crippen MR) is 102 cm³/mol. The van der Waals surface area contributed by atoms with Crippen molar-refractivity contribution < 1.29 is 18.9 Å². The quantitative estimate of drug-likeness (QED) is 0.542. The van der Waals surface area contributed by atoms with E-state index in [0.29, 0.717) is 5.56 Å². The van der Waals surface area contributed by atoms with Crippen LogP contribution in [0.3, 0.4) is 0 Å². The van der Waals surface area contributed by atoms with Gasteiger partial charge in [-0.15, -0.1) is 0 Å². The lowest BCUT2D eigenvalue weighted by Gasteiger charge is -2.22. The highest BCUT2D eigenvalue weighted by Gasteiger charge is 2.26. The summed E-state index contributed by atoms with van der Waals surface area (Å²) in [6, 6.07) is 8.75. The van der Waals surface area contributed by atoms with E-state index >= 15 is 0 Å². The molecule has 2 aromatic rings. The van der Waals surface area contributed by atoms with Crippen molar-refractivity contribution in [2.75, 3.05) is 0 Å². The number of hydrogen-bond donors (Lipinski definition) is 2. The first-order chi connectivity index (χ1) is 13.2. The second kappa shape index (κ2) is 9.27. The molecular weight excluding hydrogens is 389 g/mol. The maximum atomic E-state index is 13.7. The number of benzene rings is 2. The van der Waals surface area contributed by atoms with Crippen LogP contribution in [0.4, 0.5) is 10.1 Å². The van der Waals surface area contributed by atoms with Gasteiger partial charge in [0.25, 0.3) is 11.6 Å². The van der Waals surface area contributed by atoms with Crippen LogP contribution in [0.2, 0.25) is 5.02 Å². The highest BCUT2D eigenvalue weighted by molar-refractivity contribution is 6.32. The van der Waals surface area contributed by atoms with Crippen LogP contribution in [-0.4, -0.2) is 22.8 Å². The first-order valence-electron chi connectivity index (χ1n) is 8.46. The molecule has 0 saturated heterocycles. The first kappa shape index (κ1) is 21.3. The highest BCUT2D eigenvalue weighted by atomic mass is 35.5. The normalized spacial score (nSPS) is 11.8. The minimum absolute atomic E-state index is 0.00338. The summed E-state index contributed by atoms with van der Waals surface area (Å²) in [7, 11) is 0. The van der Waals surface area contributed by atoms with Crippen LogP contribution in [0.25, 0.3) is 0 Å². The number of carbonyl (C=O) groups is 2. The fourth-order valence-corrected chi connectivity index (χ4v) is 2.67. The standard InChI is InChI=1S/C19H19ClFN3O4/c1-11(2)17(19(26)22-10-13-5-3-4-6-15(13)21)23-18(25)12-7-8-14(20)16(9-12)24(27)28/h3-9,11,17H,10H2,1-2H3,(H,22,26)(H,23,25)/t17-/m0/s1. The van der Waals surface area contributed by atoms with E-state index in [2.05, 4.69) is 10.6 Å². The van der Waals surface area contributed by atoms with Gasteiger partial charge < -0.3 is 10.6 Å². The average molecular weight is 408 g/mol. The number of nitro benzene ring substituents is 1. The second-order valence-corrected chi connectivity index (χ2v) is 6.83. The lowest BCUT2D eigenvalue weighted by Crippen LogP contribution is -2.49. The zero-order valence-electron chi connectivity index (χ0n) is 15.2. The van der Waals surface area contributed by atoms with Crippen LogP contribution < -0.4 is 10.6 Å². The van der Waals surface area contributed by atoms with Gasteiger partial charge in [-0.05, 0) is 24.1 Å². The van der Waals surface area contributed by atoms with Crippen LogP contribution in [0.5, 0.6) is 0 Å². The lowest BCUT2D eigenvalue weighted by atomic mass is 10.0. The van der Waals surface area contributed by atoms with Crippen LogP contribution >= 0.6 is 11.6 Å². The molecule has 0 bridgehead atoms. The summed E-state index contributed by atoms with van der Waals surface area (Å²) in [6.07, 6.45) is 0. The Balaban J connectivity index is 2.10. The Hall–Kier alpha value is -3.00. The molecule has 28 heavy (non-hydrogen) atoms. The van der Waals surface area contributed by atoms with Crippen molar-refractivity contribution in [1.29, 1.82) is 0 Å². The summed E-state index contributed by atoms with van der Waals surface area (Å²) in [5.41, 5.74) is -0.0823. The zero-order chi connectivity index (χ0) is 20.8. The van der Waals surface area contributed by atoms with Gasteiger partial charge in [0.1, 0.15) is 16.9 Å². The van der Waals surface area contributed by atoms with E-state index in [1.165, 1.54) is 18.2 Å². The second-order valence-electron chi connectivity index (χ2n) is 6.43. The summed E-state index contributed by atoms with van der Waals surface area (Å²) >= 11 is 5.75. The molecule has 0 spiro atoms. The van der Waals surface area contributed by atoms with E-state index in [1.54, 1.807) is 32.0 Å². The molecule has 0 aromatic heterocycles. The van der Waals surface area contributed by atoms with E-state index in [1.807, 2.05) is 0 Å². The Labute approximate surface area is 166 Å². The number of carbonyl (C=O) groups excluding carboxylic acids is 2. The fourth-order valence-electron chi connectivity index (χ4n) is 2.49. The van der Waals surface area contributed by atoms with Crippen molar-refractivity contribution in [3.63, 3.8) is 0 Å². The molecule has 0 unspecified atom stereocenters. The van der Waals surface area contributed by atoms with E-state index in [0.717, 1.165) is 6.07 Å². The van der Waals surface area contributed by atoms with E-state index in [9.17, 15) is 24.1 Å². The molecule has 2 rings (SSSR count). The van der Waals surface area contributed by atoms with Gasteiger partial charge >= 0.3 is 0 Å². The molecule has 2 amide bonds. The van der Waals surface area contributed by atoms with Gasteiger partial charge in [0.2, 0.25) is 5.91 Å². The van der Waals surface area contributed by atoms with E-state index in [-0.39, 0.29) is 23.0 Å². The maximum absolute atomic E-state index is 13.7. The fraction of sp³-hybridized carbons (Fsp3) is 0.263. The average Bonchev–Trinajstić information content (AvgIpc) is 2.64. The van der Waals surface area contributed by atoms with Crippen molar-refractivity contribution in [1.82, 2.24) is 10.6 Å². The number of hydrogen-bond acceptors (Lipinski definition) is 4. The molecule has 2 N–H and O–H groups in total. The van der Waals surface area contributed by atoms with Gasteiger partial charge in [0, 0.05) is 23.7 Å². The third-order valence-electron chi connectivity index (χ3n) is 4.05. The molecule has 0 fully saturated rings. The molecule has 1 atom stereocenters. The van der Waals surface area contributed by atoms with Gasteiger partial charge in [0.15, 0.2) is 0 Å². The summed E-state index contributed by atoms with van der Waals surface area (Å²) in [5.74, 6) is -1.86. The number of halogens is 2. The van der Waals surface area contributed by atoms with Crippen molar-refractivity contribution in [2.24, 2.45) is 5.92 Å². The smallest absolute Gasteiger partial charge is 0.288 e. The van der Waals surface area contributed by atoms with Crippen molar-refractivity contribution in [3.05, 3.63) is 74.5 Å². The first-order valence-corrected chi connectivity index (χ1v) is 8.84. The molecule has 7 nitrogen and oxygen atoms in total. The third kappa shape index (κ3) is 5.26. The predicted octanol–water partition coefficient (Wildman–Crippen LogP) is 3.46. The minimum Gasteiger partial charge on any atom is -0.350 e. The van der Waals surface area contributed by atoms with Crippen molar-refractivity contribution in [2.45, 2.75) is 26.4 Å². The van der Waals surface area contributed by atoms with Gasteiger partial charge in [0.05, 0.1) is 4.92 Å². The summed E-state index contributed by atoms with van der Waals surface area (Å²) in [5, 5.41) is 16.0. The molecule has 0 heterocycles. The molecule has 0 aliphatic rings. The van der Waals surface area contributed by atoms with Crippen LogP contribution in [0.15, 0.2) is 42.5 Å². The molecular formula is C19H19ClFN3O4. The molecule has 148 valence electrons. The largest absolute Gasteiger partial charge is 0.350 e. The van der Waals surface area contributed by atoms with Crippen LogP contribution in [0, 0.1) is 21.8 Å². The number of nitro groups is 1. The molecule has 2 aromatic carbocycles. The van der Waals surface area contributed by atoms with Crippen LogP contribution in [0.1, 0.15) is 29.8 Å². The monoisotopic (exact) mass is 407 g/mol. The topological polar surface area (TPSA) is 101 Å². The molecule has 0 aliphatic heterocycles. The van der Waals surface area contributed by atoms with Gasteiger partial charge in [-0.1, -0.05) is 43.6 Å². The zero-order valence-corrected chi connectivity index (χ0v) is 16.0. The maximum Gasteiger partial charge on any atom is 0.288 e. The van der Waals surface area contributed by atoms with Crippen molar-refractivity contribution in [3.8, 4) is 0 Å². The number of amides is 2. The van der Waals surface area contributed by atoms with Gasteiger partial charge in [-0.3, -0.25) is 19.7 Å². The SMILES string of the molecule is CC(C)[C@H](NC(=O)c1ccc(Cl)c([N+](=O)[O-])c1)C(=O)NCc1ccccc1F. The van der Waals surface area contributed by atoms with Crippen molar-refractivity contribution >= 4 is 29.1 Å². The number of rotatable bonds is 7. The Kier molecular flexibility index (Phi) is 7.06. The molecule has 0 radical (unpaired) electrons. The number of nitrogens with zero attached hydrogens (tertiary/aromatic N) is 1. The summed E-state index contributed by atoms with van der Waals surface area (Å²) < 4.78 is 13.7. The summed E-state index contributed by atoms with van der Waals surface area (Å²) in [6.45, 7) is 3.44. The van der Waals surface area contributed by atoms with Crippen LogP contribution in [-0.2, 0) is 11.3 Å². The Morgan fingerprint density at radius 2 is 1.89 bits per heavy atom. The molecule has 9 heteroatoms. The summed E-state index contributed by atoms with van der Waals surface area (Å²) in [4.78, 5) is 35.2. The van der Waals surface area contributed by atoms with E-state index in [4.69, 9.17) is 11.6 Å². The molecule has 0 aliphatic carbocycles. The van der Waals surface area contributed by atoms with Gasteiger partial charge in [-0.2, -0.15) is 0 Å². The Morgan fingerprint density at radius 1 is 1.21 bits per heavy atom. The Morgan fingerprint density at radius 3 is 2.50 bits per heavy atom. The highest BCUT2D eigenvalue weighted by Crippen LogP contribution is 2.25. The lowest BCUT2D eigenvalue weighted by molar-refractivity contribution is -0.384. The Bertz CT molecular complexity index is 904.